The SMILES string of the molecule is Cn1ccc2c1C(=O)CCN(CCCCN1CCN(c3ccc(F)cc3)CC1)C2=O. The van der Waals surface area contributed by atoms with Gasteiger partial charge < -0.3 is 14.4 Å². The molecule has 3 heterocycles. The third-order valence-electron chi connectivity index (χ3n) is 6.18. The lowest BCUT2D eigenvalue weighted by molar-refractivity contribution is 0.0754. The van der Waals surface area contributed by atoms with Crippen LogP contribution < -0.4 is 4.90 Å². The first kappa shape index (κ1) is 20.6. The maximum absolute atomic E-state index is 13.1. The molecule has 0 unspecified atom stereocenters. The highest BCUT2D eigenvalue weighted by Crippen LogP contribution is 2.20. The standard InChI is InChI=1S/C23H29FN4O2/c1-25-12-8-20-22(25)21(29)9-13-28(23(20)30)11-3-2-10-26-14-16-27(17-15-26)19-6-4-18(24)5-7-19/h4-8,12H,2-3,9-11,13-17H2,1H3. The smallest absolute Gasteiger partial charge is 0.256 e. The van der Waals surface area contributed by atoms with Gasteiger partial charge in [0.25, 0.3) is 5.91 Å². The van der Waals surface area contributed by atoms with Crippen LogP contribution in [0.5, 0.6) is 0 Å². The summed E-state index contributed by atoms with van der Waals surface area (Å²) < 4.78 is 14.8. The molecule has 0 spiro atoms. The van der Waals surface area contributed by atoms with E-state index in [1.807, 2.05) is 24.1 Å². The number of carbonyl (C=O) groups excluding carboxylic acids is 2. The number of piperazine rings is 1. The number of Topliss-reactive ketones (excluding diaryl/α,β-unsaturated/α-hetero) is 1. The quantitative estimate of drug-likeness (QED) is 0.685. The van der Waals surface area contributed by atoms with Crippen molar-refractivity contribution in [1.82, 2.24) is 14.4 Å². The Morgan fingerprint density at radius 2 is 1.60 bits per heavy atom. The number of amides is 1. The van der Waals surface area contributed by atoms with Crippen molar-refractivity contribution in [3.8, 4) is 0 Å². The molecule has 1 amide bonds. The molecule has 0 N–H and O–H groups in total. The van der Waals surface area contributed by atoms with Crippen molar-refractivity contribution >= 4 is 17.4 Å². The number of benzene rings is 1. The maximum Gasteiger partial charge on any atom is 0.256 e. The average Bonchev–Trinajstić information content (AvgIpc) is 3.09. The highest BCUT2D eigenvalue weighted by Gasteiger charge is 2.28. The number of hydrogen-bond acceptors (Lipinski definition) is 4. The number of halogens is 1. The second-order valence-electron chi connectivity index (χ2n) is 8.17. The summed E-state index contributed by atoms with van der Waals surface area (Å²) in [5.74, 6) is -0.176. The molecule has 1 aromatic heterocycles. The number of hydrogen-bond donors (Lipinski definition) is 0. The van der Waals surface area contributed by atoms with E-state index < -0.39 is 0 Å². The van der Waals surface area contributed by atoms with E-state index in [-0.39, 0.29) is 17.5 Å². The van der Waals surface area contributed by atoms with Crippen LogP contribution in [0.3, 0.4) is 0 Å². The molecular formula is C23H29FN4O2. The molecule has 7 heteroatoms. The zero-order valence-electron chi connectivity index (χ0n) is 17.5. The lowest BCUT2D eigenvalue weighted by atomic mass is 10.1. The van der Waals surface area contributed by atoms with Crippen molar-refractivity contribution in [1.29, 1.82) is 0 Å². The molecule has 0 atom stereocenters. The van der Waals surface area contributed by atoms with Crippen molar-refractivity contribution < 1.29 is 14.0 Å². The van der Waals surface area contributed by atoms with E-state index in [4.69, 9.17) is 0 Å². The Balaban J connectivity index is 1.21. The Kier molecular flexibility index (Phi) is 6.18. The van der Waals surface area contributed by atoms with Gasteiger partial charge in [0.1, 0.15) is 5.82 Å². The predicted octanol–water partition coefficient (Wildman–Crippen LogP) is 2.80. The van der Waals surface area contributed by atoms with Crippen molar-refractivity contribution in [3.63, 3.8) is 0 Å². The van der Waals surface area contributed by atoms with Gasteiger partial charge in [-0.05, 0) is 49.7 Å². The molecule has 0 radical (unpaired) electrons. The number of ketones is 1. The van der Waals surface area contributed by atoms with E-state index in [1.54, 1.807) is 16.8 Å². The van der Waals surface area contributed by atoms with E-state index in [0.29, 0.717) is 30.8 Å². The highest BCUT2D eigenvalue weighted by molar-refractivity contribution is 6.08. The van der Waals surface area contributed by atoms with Crippen LogP contribution in [0.15, 0.2) is 36.5 Å². The van der Waals surface area contributed by atoms with Crippen LogP contribution in [0, 0.1) is 5.82 Å². The molecule has 2 aliphatic rings. The fraction of sp³-hybridized carbons (Fsp3) is 0.478. The number of unbranched alkanes of at least 4 members (excludes halogenated alkanes) is 1. The fourth-order valence-electron chi connectivity index (χ4n) is 4.41. The Labute approximate surface area is 176 Å². The Hall–Kier alpha value is -2.67. The van der Waals surface area contributed by atoms with Crippen LogP contribution in [-0.2, 0) is 7.05 Å². The van der Waals surface area contributed by atoms with E-state index in [2.05, 4.69) is 9.80 Å². The summed E-state index contributed by atoms with van der Waals surface area (Å²) in [5, 5.41) is 0. The molecule has 6 nitrogen and oxygen atoms in total. The largest absolute Gasteiger partial charge is 0.369 e. The van der Waals surface area contributed by atoms with Gasteiger partial charge in [0.15, 0.2) is 5.78 Å². The molecule has 2 aromatic rings. The first-order chi connectivity index (χ1) is 14.5. The first-order valence-corrected chi connectivity index (χ1v) is 10.7. The molecule has 1 fully saturated rings. The van der Waals surface area contributed by atoms with Crippen molar-refractivity contribution in [3.05, 3.63) is 53.6 Å². The van der Waals surface area contributed by atoms with Crippen LogP contribution in [-0.4, -0.2) is 71.9 Å². The minimum atomic E-state index is -0.201. The number of aryl methyl sites for hydroxylation is 1. The molecule has 4 rings (SSSR count). The summed E-state index contributed by atoms with van der Waals surface area (Å²) >= 11 is 0. The second kappa shape index (κ2) is 9.00. The van der Waals surface area contributed by atoms with Crippen molar-refractivity contribution in [2.24, 2.45) is 7.05 Å². The molecule has 2 aliphatic heterocycles. The van der Waals surface area contributed by atoms with E-state index >= 15 is 0 Å². The number of fused-ring (bicyclic) bond motifs is 1. The Morgan fingerprint density at radius 1 is 0.900 bits per heavy atom. The Morgan fingerprint density at radius 3 is 2.33 bits per heavy atom. The van der Waals surface area contributed by atoms with Gasteiger partial charge in [-0.2, -0.15) is 0 Å². The summed E-state index contributed by atoms with van der Waals surface area (Å²) in [6.07, 6.45) is 4.13. The molecule has 30 heavy (non-hydrogen) atoms. The van der Waals surface area contributed by atoms with Crippen LogP contribution in [0.25, 0.3) is 0 Å². The third-order valence-corrected chi connectivity index (χ3v) is 6.18. The number of carbonyl (C=O) groups is 2. The predicted molar refractivity (Wildman–Crippen MR) is 115 cm³/mol. The summed E-state index contributed by atoms with van der Waals surface area (Å²) in [4.78, 5) is 31.7. The maximum atomic E-state index is 13.1. The van der Waals surface area contributed by atoms with Gasteiger partial charge in [0.05, 0.1) is 11.3 Å². The topological polar surface area (TPSA) is 48.8 Å². The number of aromatic nitrogens is 1. The van der Waals surface area contributed by atoms with Gasteiger partial charge in [-0.3, -0.25) is 14.5 Å². The van der Waals surface area contributed by atoms with Gasteiger partial charge in [-0.15, -0.1) is 0 Å². The average molecular weight is 413 g/mol. The Bertz CT molecular complexity index is 900. The van der Waals surface area contributed by atoms with E-state index in [0.717, 1.165) is 51.3 Å². The minimum Gasteiger partial charge on any atom is -0.369 e. The molecule has 0 aliphatic carbocycles. The summed E-state index contributed by atoms with van der Waals surface area (Å²) in [5.41, 5.74) is 2.16. The summed E-state index contributed by atoms with van der Waals surface area (Å²) in [6.45, 7) is 6.06. The lowest BCUT2D eigenvalue weighted by Crippen LogP contribution is -2.46. The van der Waals surface area contributed by atoms with Crippen LogP contribution in [0.1, 0.15) is 40.1 Å². The van der Waals surface area contributed by atoms with Crippen LogP contribution in [0.2, 0.25) is 0 Å². The van der Waals surface area contributed by atoms with Gasteiger partial charge in [0.2, 0.25) is 0 Å². The molecule has 1 saturated heterocycles. The van der Waals surface area contributed by atoms with Crippen molar-refractivity contribution in [2.75, 3.05) is 50.7 Å². The number of rotatable bonds is 6. The molecule has 0 saturated carbocycles. The molecule has 0 bridgehead atoms. The fourth-order valence-corrected chi connectivity index (χ4v) is 4.41. The third kappa shape index (κ3) is 4.41. The first-order valence-electron chi connectivity index (χ1n) is 10.7. The molecule has 160 valence electrons. The summed E-state index contributed by atoms with van der Waals surface area (Å²) in [6, 6.07) is 8.46. The van der Waals surface area contributed by atoms with Gasteiger partial charge in [0, 0.05) is 64.6 Å². The second-order valence-corrected chi connectivity index (χ2v) is 8.17. The molecule has 1 aromatic carbocycles. The van der Waals surface area contributed by atoms with Gasteiger partial charge >= 0.3 is 0 Å². The van der Waals surface area contributed by atoms with E-state index in [9.17, 15) is 14.0 Å². The molecular weight excluding hydrogens is 383 g/mol. The zero-order chi connectivity index (χ0) is 21.1. The van der Waals surface area contributed by atoms with Gasteiger partial charge in [-0.25, -0.2) is 4.39 Å². The summed E-state index contributed by atoms with van der Waals surface area (Å²) in [7, 11) is 1.81. The van der Waals surface area contributed by atoms with Crippen LogP contribution >= 0.6 is 0 Å². The van der Waals surface area contributed by atoms with E-state index in [1.165, 1.54) is 12.1 Å². The normalized spacial score (nSPS) is 17.9. The van der Waals surface area contributed by atoms with Crippen LogP contribution in [0.4, 0.5) is 10.1 Å². The minimum absolute atomic E-state index is 0.0237. The highest BCUT2D eigenvalue weighted by atomic mass is 19.1. The lowest BCUT2D eigenvalue weighted by Gasteiger charge is -2.36. The number of anilines is 1. The monoisotopic (exact) mass is 412 g/mol. The zero-order valence-corrected chi connectivity index (χ0v) is 17.5. The van der Waals surface area contributed by atoms with Crippen molar-refractivity contribution in [2.45, 2.75) is 19.3 Å². The number of nitrogens with zero attached hydrogens (tertiary/aromatic N) is 4. The van der Waals surface area contributed by atoms with Gasteiger partial charge in [-0.1, -0.05) is 0 Å².